The molecule has 0 aliphatic carbocycles. The van der Waals surface area contributed by atoms with Gasteiger partial charge in [0.05, 0.1) is 7.11 Å². The first kappa shape index (κ1) is 15.7. The molecule has 0 spiro atoms. The Morgan fingerprint density at radius 2 is 1.79 bits per heavy atom. The van der Waals surface area contributed by atoms with Gasteiger partial charge in [-0.15, -0.1) is 0 Å². The summed E-state index contributed by atoms with van der Waals surface area (Å²) < 4.78 is 49.8. The molecule has 0 aliphatic heterocycles. The van der Waals surface area contributed by atoms with Crippen molar-refractivity contribution in [3.05, 3.63) is 0 Å². The molecular weight excluding hydrogens is 232 g/mol. The Morgan fingerprint density at radius 3 is 2.00 bits per heavy atom. The SMILES string of the molecule is COC(=O)OCC(F)(F)F.O=[PH](O)O. The summed E-state index contributed by atoms with van der Waals surface area (Å²) in [5.41, 5.74) is 0. The molecule has 0 heterocycles. The van der Waals surface area contributed by atoms with Crippen LogP contribution in [0.15, 0.2) is 0 Å². The molecule has 0 saturated carbocycles. The number of ether oxygens (including phenoxy) is 2. The van der Waals surface area contributed by atoms with E-state index in [1.54, 1.807) is 0 Å². The number of carbonyl (C=O) groups excluding carboxylic acids is 1. The van der Waals surface area contributed by atoms with E-state index in [2.05, 4.69) is 9.47 Å². The van der Waals surface area contributed by atoms with Crippen LogP contribution in [-0.4, -0.2) is 35.8 Å². The molecule has 10 heteroatoms. The number of methoxy groups -OCH3 is 1. The quantitative estimate of drug-likeness (QED) is 0.517. The van der Waals surface area contributed by atoms with E-state index in [-0.39, 0.29) is 0 Å². The lowest BCUT2D eigenvalue weighted by molar-refractivity contribution is -0.164. The fourth-order valence-corrected chi connectivity index (χ4v) is 0.200. The molecule has 0 bridgehead atoms. The van der Waals surface area contributed by atoms with Crippen molar-refractivity contribution >= 4 is 14.4 Å². The van der Waals surface area contributed by atoms with Gasteiger partial charge in [0.1, 0.15) is 0 Å². The minimum absolute atomic E-state index is 0.929. The van der Waals surface area contributed by atoms with E-state index in [0.717, 1.165) is 7.11 Å². The molecule has 0 radical (unpaired) electrons. The monoisotopic (exact) mass is 240 g/mol. The standard InChI is InChI=1S/C4H5F3O3.H3O3P/c1-9-3(8)10-2-4(5,6)7;1-4(2)3/h2H2,1H3;4H,(H2,1,2,3). The van der Waals surface area contributed by atoms with Gasteiger partial charge in [0, 0.05) is 0 Å². The molecular formula is C4H8F3O6P. The van der Waals surface area contributed by atoms with Crippen molar-refractivity contribution in [3.8, 4) is 0 Å². The Bertz CT molecular complexity index is 188. The van der Waals surface area contributed by atoms with Crippen molar-refractivity contribution in [2.75, 3.05) is 13.7 Å². The normalized spacial score (nSPS) is 10.2. The molecule has 0 aromatic rings. The van der Waals surface area contributed by atoms with Gasteiger partial charge >= 0.3 is 20.6 Å². The Kier molecular flexibility index (Phi) is 8.51. The highest BCUT2D eigenvalue weighted by Gasteiger charge is 2.29. The van der Waals surface area contributed by atoms with Crippen LogP contribution >= 0.6 is 8.25 Å². The van der Waals surface area contributed by atoms with Gasteiger partial charge in [-0.1, -0.05) is 0 Å². The minimum Gasteiger partial charge on any atom is -0.438 e. The van der Waals surface area contributed by atoms with E-state index in [1.807, 2.05) is 0 Å². The van der Waals surface area contributed by atoms with Gasteiger partial charge in [0.15, 0.2) is 6.61 Å². The summed E-state index contributed by atoms with van der Waals surface area (Å²) in [5.74, 6) is 0. The average molecular weight is 240 g/mol. The second-order valence-electron chi connectivity index (χ2n) is 1.64. The molecule has 14 heavy (non-hydrogen) atoms. The van der Waals surface area contributed by atoms with Crippen molar-refractivity contribution in [1.82, 2.24) is 0 Å². The molecule has 0 aromatic heterocycles. The summed E-state index contributed by atoms with van der Waals surface area (Å²) in [6.45, 7) is -1.61. The number of carbonyl (C=O) groups is 1. The van der Waals surface area contributed by atoms with Crippen LogP contribution in [0.25, 0.3) is 0 Å². The van der Waals surface area contributed by atoms with Gasteiger partial charge < -0.3 is 19.3 Å². The summed E-state index contributed by atoms with van der Waals surface area (Å²) in [6.07, 6.45) is -5.83. The first-order valence-corrected chi connectivity index (χ1v) is 4.18. The third kappa shape index (κ3) is 22.5. The van der Waals surface area contributed by atoms with Crippen LogP contribution in [0.4, 0.5) is 18.0 Å². The maximum atomic E-state index is 11.2. The van der Waals surface area contributed by atoms with Crippen LogP contribution in [0.2, 0.25) is 0 Å². The van der Waals surface area contributed by atoms with Gasteiger partial charge in [-0.2, -0.15) is 13.2 Å². The molecule has 2 N–H and O–H groups in total. The Balaban J connectivity index is 0. The fourth-order valence-electron chi connectivity index (χ4n) is 0.200. The smallest absolute Gasteiger partial charge is 0.438 e. The lowest BCUT2D eigenvalue weighted by Crippen LogP contribution is -2.20. The van der Waals surface area contributed by atoms with Gasteiger partial charge in [-0.3, -0.25) is 4.57 Å². The molecule has 0 amide bonds. The van der Waals surface area contributed by atoms with E-state index in [0.29, 0.717) is 0 Å². The molecule has 86 valence electrons. The van der Waals surface area contributed by atoms with Gasteiger partial charge in [-0.25, -0.2) is 4.79 Å². The summed E-state index contributed by atoms with van der Waals surface area (Å²) in [6, 6.07) is 0. The van der Waals surface area contributed by atoms with Crippen molar-refractivity contribution in [3.63, 3.8) is 0 Å². The molecule has 0 atom stereocenters. The second kappa shape index (κ2) is 7.60. The van der Waals surface area contributed by atoms with Crippen LogP contribution in [-0.2, 0) is 14.0 Å². The van der Waals surface area contributed by atoms with Crippen molar-refractivity contribution in [1.29, 1.82) is 0 Å². The van der Waals surface area contributed by atoms with E-state index >= 15 is 0 Å². The number of hydrogen-bond donors (Lipinski definition) is 2. The average Bonchev–Trinajstić information content (AvgIpc) is 1.97. The topological polar surface area (TPSA) is 93.1 Å². The maximum absolute atomic E-state index is 11.2. The second-order valence-corrected chi connectivity index (χ2v) is 2.21. The van der Waals surface area contributed by atoms with E-state index in [4.69, 9.17) is 14.4 Å². The van der Waals surface area contributed by atoms with Crippen LogP contribution in [0.3, 0.4) is 0 Å². The van der Waals surface area contributed by atoms with Gasteiger partial charge in [-0.05, 0) is 0 Å². The zero-order valence-electron chi connectivity index (χ0n) is 6.87. The van der Waals surface area contributed by atoms with Crippen LogP contribution < -0.4 is 0 Å². The maximum Gasteiger partial charge on any atom is 0.508 e. The van der Waals surface area contributed by atoms with Gasteiger partial charge in [0.25, 0.3) is 0 Å². The summed E-state index contributed by atoms with van der Waals surface area (Å²) in [4.78, 5) is 24.2. The molecule has 0 aromatic carbocycles. The molecule has 0 fully saturated rings. The summed E-state index contributed by atoms with van der Waals surface area (Å²) >= 11 is 0. The van der Waals surface area contributed by atoms with Crippen molar-refractivity contribution < 1.29 is 41.8 Å². The first-order chi connectivity index (χ1) is 6.19. The first-order valence-electron chi connectivity index (χ1n) is 2.88. The highest BCUT2D eigenvalue weighted by Crippen LogP contribution is 2.14. The van der Waals surface area contributed by atoms with E-state index < -0.39 is 27.2 Å². The molecule has 6 nitrogen and oxygen atoms in total. The largest absolute Gasteiger partial charge is 0.508 e. The van der Waals surface area contributed by atoms with Crippen LogP contribution in [0, 0.1) is 0 Å². The Labute approximate surface area is 77.2 Å². The van der Waals surface area contributed by atoms with Gasteiger partial charge in [0.2, 0.25) is 0 Å². The minimum atomic E-state index is -4.49. The van der Waals surface area contributed by atoms with E-state index in [1.165, 1.54) is 0 Å². The number of rotatable bonds is 1. The summed E-state index contributed by atoms with van der Waals surface area (Å²) in [7, 11) is -2.20. The zero-order valence-corrected chi connectivity index (χ0v) is 7.87. The van der Waals surface area contributed by atoms with Crippen molar-refractivity contribution in [2.45, 2.75) is 6.18 Å². The third-order valence-corrected chi connectivity index (χ3v) is 0.520. The van der Waals surface area contributed by atoms with Crippen LogP contribution in [0.1, 0.15) is 0 Å². The Hall–Kier alpha value is -0.790. The predicted molar refractivity (Wildman–Crippen MR) is 37.9 cm³/mol. The molecule has 0 saturated heterocycles. The number of halogens is 3. The fraction of sp³-hybridized carbons (Fsp3) is 0.750. The van der Waals surface area contributed by atoms with E-state index in [9.17, 15) is 18.0 Å². The van der Waals surface area contributed by atoms with Crippen molar-refractivity contribution in [2.24, 2.45) is 0 Å². The lowest BCUT2D eigenvalue weighted by atomic mass is 10.7. The lowest BCUT2D eigenvalue weighted by Gasteiger charge is -2.05. The summed E-state index contributed by atoms with van der Waals surface area (Å²) in [5, 5.41) is 0. The zero-order chi connectivity index (χ0) is 11.8. The molecule has 0 aliphatic rings. The number of hydrogen-bond acceptors (Lipinski definition) is 4. The third-order valence-electron chi connectivity index (χ3n) is 0.520. The van der Waals surface area contributed by atoms with Crippen LogP contribution in [0.5, 0.6) is 0 Å². The Morgan fingerprint density at radius 1 is 1.43 bits per heavy atom. The molecule has 0 unspecified atom stereocenters. The predicted octanol–water partition coefficient (Wildman–Crippen LogP) is 0.692. The number of alkyl halides is 3. The highest BCUT2D eigenvalue weighted by molar-refractivity contribution is 7.30. The molecule has 0 rings (SSSR count). The highest BCUT2D eigenvalue weighted by atomic mass is 31.1.